The molecule has 2 saturated heterocycles. The molecule has 2 aliphatic heterocycles. The molecule has 0 radical (unpaired) electrons. The Morgan fingerprint density at radius 3 is 2.54 bits per heavy atom. The van der Waals surface area contributed by atoms with Gasteiger partial charge in [0, 0.05) is 37.9 Å². The maximum absolute atomic E-state index is 12.2. The van der Waals surface area contributed by atoms with Gasteiger partial charge in [-0.25, -0.2) is 13.4 Å². The Bertz CT molecular complexity index is 747. The molecule has 1 atom stereocenters. The van der Waals surface area contributed by atoms with E-state index in [9.17, 15) is 18.5 Å². The van der Waals surface area contributed by atoms with E-state index in [4.69, 9.17) is 0 Å². The third kappa shape index (κ3) is 4.15. The lowest BCUT2D eigenvalue weighted by Gasteiger charge is -2.39. The molecule has 0 amide bonds. The Morgan fingerprint density at radius 1 is 1.15 bits per heavy atom. The number of anilines is 1. The number of sulfonamides is 1. The van der Waals surface area contributed by atoms with Crippen LogP contribution in [0.2, 0.25) is 0 Å². The van der Waals surface area contributed by atoms with E-state index >= 15 is 0 Å². The average Bonchev–Trinajstić information content (AvgIpc) is 2.88. The zero-order valence-electron chi connectivity index (χ0n) is 15.1. The number of nitro groups is 1. The van der Waals surface area contributed by atoms with Crippen molar-refractivity contribution in [1.29, 1.82) is 0 Å². The number of pyridine rings is 1. The van der Waals surface area contributed by atoms with Crippen LogP contribution in [-0.2, 0) is 10.0 Å². The highest BCUT2D eigenvalue weighted by Gasteiger charge is 2.36. The number of hydrogen-bond acceptors (Lipinski definition) is 6. The van der Waals surface area contributed by atoms with Gasteiger partial charge in [-0.1, -0.05) is 12.8 Å². The minimum Gasteiger partial charge on any atom is -0.351 e. The molecule has 8 nitrogen and oxygen atoms in total. The van der Waals surface area contributed by atoms with Crippen LogP contribution >= 0.6 is 0 Å². The van der Waals surface area contributed by atoms with Crippen LogP contribution in [0.1, 0.15) is 38.5 Å². The molecule has 0 spiro atoms. The quantitative estimate of drug-likeness (QED) is 0.586. The topological polar surface area (TPSA) is 96.7 Å². The number of aromatic nitrogens is 1. The van der Waals surface area contributed by atoms with Gasteiger partial charge in [-0.2, -0.15) is 4.31 Å². The van der Waals surface area contributed by atoms with Crippen molar-refractivity contribution in [2.75, 3.05) is 30.8 Å². The maximum atomic E-state index is 12.2. The number of hydrogen-bond donors (Lipinski definition) is 0. The van der Waals surface area contributed by atoms with Crippen molar-refractivity contribution < 1.29 is 13.3 Å². The van der Waals surface area contributed by atoms with E-state index in [1.807, 2.05) is 4.90 Å². The van der Waals surface area contributed by atoms with E-state index in [-0.39, 0.29) is 11.7 Å². The molecule has 26 heavy (non-hydrogen) atoms. The van der Waals surface area contributed by atoms with Gasteiger partial charge in [-0.3, -0.25) is 10.1 Å². The van der Waals surface area contributed by atoms with Crippen LogP contribution < -0.4 is 4.90 Å². The second-order valence-corrected chi connectivity index (χ2v) is 9.15. The molecular weight excluding hydrogens is 356 g/mol. The van der Waals surface area contributed by atoms with Crippen molar-refractivity contribution in [3.8, 4) is 0 Å². The van der Waals surface area contributed by atoms with E-state index in [1.54, 1.807) is 16.6 Å². The molecule has 9 heteroatoms. The van der Waals surface area contributed by atoms with E-state index in [0.29, 0.717) is 31.4 Å². The third-order valence-electron chi connectivity index (χ3n) is 5.52. The largest absolute Gasteiger partial charge is 0.351 e. The van der Waals surface area contributed by atoms with Crippen molar-refractivity contribution in [3.05, 3.63) is 28.4 Å². The zero-order chi connectivity index (χ0) is 18.7. The molecule has 1 aromatic heterocycles. The minimum absolute atomic E-state index is 0.0261. The fraction of sp³-hybridized carbons (Fsp3) is 0.706. The van der Waals surface area contributed by atoms with Crippen LogP contribution in [0.5, 0.6) is 0 Å². The van der Waals surface area contributed by atoms with Crippen molar-refractivity contribution in [3.63, 3.8) is 0 Å². The summed E-state index contributed by atoms with van der Waals surface area (Å²) in [6, 6.07) is 3.10. The van der Waals surface area contributed by atoms with Crippen molar-refractivity contribution in [2.45, 2.75) is 44.6 Å². The molecule has 0 aromatic carbocycles. The Balaban J connectivity index is 1.72. The highest BCUT2D eigenvalue weighted by Crippen LogP contribution is 2.34. The molecule has 3 heterocycles. The summed E-state index contributed by atoms with van der Waals surface area (Å²) in [5.74, 6) is 0.707. The van der Waals surface area contributed by atoms with Crippen molar-refractivity contribution in [2.24, 2.45) is 5.92 Å². The Kier molecular flexibility index (Phi) is 5.76. The van der Waals surface area contributed by atoms with E-state index in [2.05, 4.69) is 4.98 Å². The summed E-state index contributed by atoms with van der Waals surface area (Å²) in [5, 5.41) is 11.2. The summed E-state index contributed by atoms with van der Waals surface area (Å²) in [6.45, 7) is 1.93. The summed E-state index contributed by atoms with van der Waals surface area (Å²) >= 11 is 0. The van der Waals surface area contributed by atoms with Gasteiger partial charge in [0.1, 0.15) is 0 Å². The summed E-state index contributed by atoms with van der Waals surface area (Å²) < 4.78 is 26.2. The summed E-state index contributed by atoms with van der Waals surface area (Å²) in [6.07, 6.45) is 8.48. The van der Waals surface area contributed by atoms with Crippen LogP contribution in [0.15, 0.2) is 18.3 Å². The smallest absolute Gasteiger partial charge is 0.311 e. The second kappa shape index (κ2) is 7.87. The summed E-state index contributed by atoms with van der Waals surface area (Å²) in [5.41, 5.74) is 0.0261. The monoisotopic (exact) mass is 382 g/mol. The molecule has 0 aliphatic carbocycles. The van der Waals surface area contributed by atoms with Crippen LogP contribution in [0, 0.1) is 16.0 Å². The average molecular weight is 382 g/mol. The SMILES string of the molecule is CS(=O)(=O)N1CCCCCC1C1CCN(c2ncccc2[N+](=O)[O-])CC1. The first-order valence-electron chi connectivity index (χ1n) is 9.19. The fourth-order valence-corrected chi connectivity index (χ4v) is 5.49. The highest BCUT2D eigenvalue weighted by molar-refractivity contribution is 7.88. The normalized spacial score (nSPS) is 23.6. The molecule has 144 valence electrons. The predicted octanol–water partition coefficient (Wildman–Crippen LogP) is 2.41. The summed E-state index contributed by atoms with van der Waals surface area (Å²) in [4.78, 5) is 17.0. The molecule has 1 unspecified atom stereocenters. The lowest BCUT2D eigenvalue weighted by atomic mass is 9.87. The van der Waals surface area contributed by atoms with Gasteiger partial charge in [0.05, 0.1) is 11.2 Å². The van der Waals surface area contributed by atoms with Gasteiger partial charge >= 0.3 is 5.69 Å². The molecular formula is C17H26N4O4S. The van der Waals surface area contributed by atoms with Crippen LogP contribution in [0.3, 0.4) is 0 Å². The van der Waals surface area contributed by atoms with E-state index in [0.717, 1.165) is 38.5 Å². The minimum atomic E-state index is -3.21. The molecule has 0 N–H and O–H groups in total. The number of piperidine rings is 1. The molecule has 3 rings (SSSR count). The molecule has 0 saturated carbocycles. The zero-order valence-corrected chi connectivity index (χ0v) is 15.9. The van der Waals surface area contributed by atoms with E-state index in [1.165, 1.54) is 12.3 Å². The first kappa shape index (κ1) is 19.0. The first-order chi connectivity index (χ1) is 12.4. The molecule has 1 aromatic rings. The second-order valence-electron chi connectivity index (χ2n) is 7.22. The molecule has 2 fully saturated rings. The van der Waals surface area contributed by atoms with Crippen LogP contribution in [0.25, 0.3) is 0 Å². The van der Waals surface area contributed by atoms with E-state index < -0.39 is 14.9 Å². The van der Waals surface area contributed by atoms with Gasteiger partial charge in [0.25, 0.3) is 0 Å². The summed E-state index contributed by atoms with van der Waals surface area (Å²) in [7, 11) is -3.21. The lowest BCUT2D eigenvalue weighted by Crippen LogP contribution is -2.47. The highest BCUT2D eigenvalue weighted by atomic mass is 32.2. The number of rotatable bonds is 4. The standard InChI is InChI=1S/C17H26N4O4S/c1-26(24,25)20-11-4-2-3-6-15(20)14-8-12-19(13-9-14)17-16(21(22)23)7-5-10-18-17/h5,7,10,14-15H,2-4,6,8-9,11-13H2,1H3. The maximum Gasteiger partial charge on any atom is 0.311 e. The van der Waals surface area contributed by atoms with Crippen LogP contribution in [0.4, 0.5) is 11.5 Å². The van der Waals surface area contributed by atoms with Gasteiger partial charge in [-0.15, -0.1) is 0 Å². The molecule has 0 bridgehead atoms. The predicted molar refractivity (Wildman–Crippen MR) is 99.6 cm³/mol. The lowest BCUT2D eigenvalue weighted by molar-refractivity contribution is -0.384. The fourth-order valence-electron chi connectivity index (χ4n) is 4.26. The van der Waals surface area contributed by atoms with Crippen molar-refractivity contribution >= 4 is 21.5 Å². The van der Waals surface area contributed by atoms with Gasteiger partial charge in [-0.05, 0) is 37.7 Å². The Labute approximate surface area is 154 Å². The third-order valence-corrected chi connectivity index (χ3v) is 6.83. The first-order valence-corrected chi connectivity index (χ1v) is 11.0. The van der Waals surface area contributed by atoms with Crippen LogP contribution in [-0.4, -0.2) is 54.6 Å². The van der Waals surface area contributed by atoms with Crippen molar-refractivity contribution in [1.82, 2.24) is 9.29 Å². The van der Waals surface area contributed by atoms with Gasteiger partial charge in [0.15, 0.2) is 0 Å². The Hall–Kier alpha value is -1.74. The van der Waals surface area contributed by atoms with Gasteiger partial charge < -0.3 is 4.90 Å². The van der Waals surface area contributed by atoms with Gasteiger partial charge in [0.2, 0.25) is 15.8 Å². The Morgan fingerprint density at radius 2 is 1.88 bits per heavy atom. The molecule has 2 aliphatic rings. The number of nitrogens with zero attached hydrogens (tertiary/aromatic N) is 4.